The molecule has 0 bridgehead atoms. The van der Waals surface area contributed by atoms with Gasteiger partial charge in [-0.1, -0.05) is 90.9 Å². The van der Waals surface area contributed by atoms with Crippen molar-refractivity contribution in [1.29, 1.82) is 0 Å². The molecule has 0 saturated carbocycles. The molecule has 0 heterocycles. The second kappa shape index (κ2) is 19.8. The minimum atomic E-state index is -4.16. The summed E-state index contributed by atoms with van der Waals surface area (Å²) in [7, 11) is -4.16. The van der Waals surface area contributed by atoms with E-state index in [1.807, 2.05) is 0 Å². The molecule has 4 nitrogen and oxygen atoms in total. The summed E-state index contributed by atoms with van der Waals surface area (Å²) in [6.45, 7) is 4.25. The van der Waals surface area contributed by atoms with Crippen LogP contribution in [0.1, 0.15) is 117 Å². The Kier molecular flexibility index (Phi) is 22.6. The van der Waals surface area contributed by atoms with E-state index >= 15 is 0 Å². The maximum atomic E-state index is 11.4. The van der Waals surface area contributed by atoms with Crippen LogP contribution >= 0.6 is 0 Å². The molecule has 0 radical (unpaired) electrons. The Hall–Kier alpha value is 1.51. The van der Waals surface area contributed by atoms with Crippen molar-refractivity contribution in [3.8, 4) is 0 Å². The molecule has 0 aliphatic heterocycles. The standard InChI is InChI=1S/C20H42O4S.K/c1-3-5-6-7-10-13-17-20(25(22,23)24)18-14-11-8-9-12-16-19(21)15-4-2;/h19-21H,3-18H2,1-2H3,(H,22,23,24);/q;+1/p-1. The molecule has 0 fully saturated rings. The smallest absolute Gasteiger partial charge is 0.748 e. The van der Waals surface area contributed by atoms with E-state index in [0.29, 0.717) is 12.8 Å². The number of hydrogen-bond donors (Lipinski definition) is 1. The van der Waals surface area contributed by atoms with Crippen LogP contribution in [-0.4, -0.2) is 29.4 Å². The first-order chi connectivity index (χ1) is 11.9. The van der Waals surface area contributed by atoms with E-state index in [-0.39, 0.29) is 57.5 Å². The van der Waals surface area contributed by atoms with Gasteiger partial charge in [-0.25, -0.2) is 8.42 Å². The molecule has 0 spiro atoms. The van der Waals surface area contributed by atoms with Gasteiger partial charge in [-0.3, -0.25) is 0 Å². The van der Waals surface area contributed by atoms with Gasteiger partial charge in [0.05, 0.1) is 16.2 Å². The fraction of sp³-hybridized carbons (Fsp3) is 1.00. The fourth-order valence-corrected chi connectivity index (χ4v) is 4.26. The van der Waals surface area contributed by atoms with Crippen LogP contribution in [0.4, 0.5) is 0 Å². The summed E-state index contributed by atoms with van der Waals surface area (Å²) >= 11 is 0. The number of unbranched alkanes of at least 4 members (excludes halogenated alkanes) is 9. The van der Waals surface area contributed by atoms with Crippen molar-refractivity contribution in [3.63, 3.8) is 0 Å². The van der Waals surface area contributed by atoms with Crippen LogP contribution in [0.3, 0.4) is 0 Å². The Morgan fingerprint density at radius 3 is 1.54 bits per heavy atom. The quantitative estimate of drug-likeness (QED) is 0.212. The van der Waals surface area contributed by atoms with Gasteiger partial charge in [0.15, 0.2) is 0 Å². The molecule has 2 atom stereocenters. The predicted octanol–water partition coefficient (Wildman–Crippen LogP) is 2.55. The molecule has 0 aromatic rings. The van der Waals surface area contributed by atoms with Crippen LogP contribution in [0.5, 0.6) is 0 Å². The summed E-state index contributed by atoms with van der Waals surface area (Å²) in [5.41, 5.74) is 0. The van der Waals surface area contributed by atoms with Crippen LogP contribution in [0, 0.1) is 0 Å². The van der Waals surface area contributed by atoms with Gasteiger partial charge in [0.1, 0.15) is 0 Å². The van der Waals surface area contributed by atoms with Crippen molar-refractivity contribution >= 4 is 10.1 Å². The summed E-state index contributed by atoms with van der Waals surface area (Å²) in [6, 6.07) is 0. The molecule has 1 N–H and O–H groups in total. The van der Waals surface area contributed by atoms with Crippen LogP contribution < -0.4 is 51.4 Å². The van der Waals surface area contributed by atoms with Crippen molar-refractivity contribution < 1.29 is 69.5 Å². The van der Waals surface area contributed by atoms with Crippen LogP contribution in [0.25, 0.3) is 0 Å². The average Bonchev–Trinajstić information content (AvgIpc) is 2.54. The van der Waals surface area contributed by atoms with Gasteiger partial charge in [-0.05, 0) is 25.7 Å². The van der Waals surface area contributed by atoms with Gasteiger partial charge >= 0.3 is 51.4 Å². The monoisotopic (exact) mass is 416 g/mol. The molecule has 0 aliphatic rings. The number of rotatable bonds is 18. The van der Waals surface area contributed by atoms with Crippen molar-refractivity contribution in [2.75, 3.05) is 0 Å². The molecule has 0 rings (SSSR count). The third-order valence-electron chi connectivity index (χ3n) is 4.97. The van der Waals surface area contributed by atoms with E-state index in [1.54, 1.807) is 0 Å². The topological polar surface area (TPSA) is 77.4 Å². The van der Waals surface area contributed by atoms with Crippen molar-refractivity contribution in [2.24, 2.45) is 0 Å². The van der Waals surface area contributed by atoms with E-state index in [9.17, 15) is 18.1 Å². The Morgan fingerprint density at radius 1 is 0.692 bits per heavy atom. The van der Waals surface area contributed by atoms with E-state index in [1.165, 1.54) is 19.3 Å². The summed E-state index contributed by atoms with van der Waals surface area (Å²) in [4.78, 5) is 0. The van der Waals surface area contributed by atoms with Crippen molar-refractivity contribution in [1.82, 2.24) is 0 Å². The van der Waals surface area contributed by atoms with Gasteiger partial charge in [0, 0.05) is 5.25 Å². The first-order valence-electron chi connectivity index (χ1n) is 10.5. The Balaban J connectivity index is 0. The molecule has 2 unspecified atom stereocenters. The Morgan fingerprint density at radius 2 is 1.12 bits per heavy atom. The normalized spacial score (nSPS) is 14.0. The zero-order valence-corrected chi connectivity index (χ0v) is 21.5. The second-order valence-corrected chi connectivity index (χ2v) is 9.11. The predicted molar refractivity (Wildman–Crippen MR) is 105 cm³/mol. The van der Waals surface area contributed by atoms with Gasteiger partial charge in [-0.2, -0.15) is 0 Å². The van der Waals surface area contributed by atoms with E-state index in [4.69, 9.17) is 0 Å². The zero-order valence-electron chi connectivity index (χ0n) is 17.5. The van der Waals surface area contributed by atoms with Crippen molar-refractivity contribution in [3.05, 3.63) is 0 Å². The Labute approximate surface area is 205 Å². The molecule has 0 aliphatic carbocycles. The van der Waals surface area contributed by atoms with Crippen LogP contribution in [-0.2, 0) is 10.1 Å². The van der Waals surface area contributed by atoms with Gasteiger partial charge in [0.25, 0.3) is 0 Å². The molecular weight excluding hydrogens is 375 g/mol. The molecule has 152 valence electrons. The summed E-state index contributed by atoms with van der Waals surface area (Å²) < 4.78 is 34.3. The van der Waals surface area contributed by atoms with E-state index in [2.05, 4.69) is 13.8 Å². The number of hydrogen-bond acceptors (Lipinski definition) is 4. The molecule has 0 saturated heterocycles. The van der Waals surface area contributed by atoms with Crippen LogP contribution in [0.15, 0.2) is 0 Å². The maximum absolute atomic E-state index is 11.4. The van der Waals surface area contributed by atoms with Crippen molar-refractivity contribution in [2.45, 2.75) is 128 Å². The number of aliphatic hydroxyl groups is 1. The van der Waals surface area contributed by atoms with Gasteiger partial charge in [-0.15, -0.1) is 0 Å². The molecule has 6 heteroatoms. The van der Waals surface area contributed by atoms with Crippen LogP contribution in [0.2, 0.25) is 0 Å². The maximum Gasteiger partial charge on any atom is 1.00 e. The van der Waals surface area contributed by atoms with Gasteiger partial charge < -0.3 is 9.66 Å². The molecular formula is C20H41KO4S. The third kappa shape index (κ3) is 18.9. The molecule has 26 heavy (non-hydrogen) atoms. The SMILES string of the molecule is CCCCCCCCC(CCCCCCCC(O)CCC)S(=O)(=O)[O-].[K+]. The second-order valence-electron chi connectivity index (χ2n) is 7.46. The first-order valence-corrected chi connectivity index (χ1v) is 12.0. The first kappa shape index (κ1) is 29.7. The largest absolute Gasteiger partial charge is 1.00 e. The summed E-state index contributed by atoms with van der Waals surface area (Å²) in [6.07, 6.45) is 15.3. The average molecular weight is 417 g/mol. The fourth-order valence-electron chi connectivity index (χ4n) is 3.35. The van der Waals surface area contributed by atoms with E-state index < -0.39 is 15.4 Å². The summed E-state index contributed by atoms with van der Waals surface area (Å²) in [5.74, 6) is 0. The molecule has 0 aromatic carbocycles. The number of aliphatic hydroxyl groups excluding tert-OH is 1. The minimum absolute atomic E-state index is 0. The zero-order chi connectivity index (χ0) is 19.0. The summed E-state index contributed by atoms with van der Waals surface area (Å²) in [5, 5.41) is 8.97. The third-order valence-corrected chi connectivity index (χ3v) is 6.26. The molecule has 0 aromatic heterocycles. The Bertz CT molecular complexity index is 387. The van der Waals surface area contributed by atoms with E-state index in [0.717, 1.165) is 70.6 Å². The van der Waals surface area contributed by atoms with Gasteiger partial charge in [0.2, 0.25) is 0 Å². The molecule has 0 amide bonds. The minimum Gasteiger partial charge on any atom is -0.748 e.